The van der Waals surface area contributed by atoms with Gasteiger partial charge in [-0.15, -0.1) is 0 Å². The first kappa shape index (κ1) is 13.1. The highest BCUT2D eigenvalue weighted by Gasteiger charge is 2.15. The van der Waals surface area contributed by atoms with Crippen LogP contribution in [0, 0.1) is 5.92 Å². The van der Waals surface area contributed by atoms with Crippen LogP contribution in [0.25, 0.3) is 0 Å². The molecule has 4 nitrogen and oxygen atoms in total. The maximum atomic E-state index is 11.3. The first-order valence-corrected chi connectivity index (χ1v) is 6.27. The van der Waals surface area contributed by atoms with Gasteiger partial charge in [0.25, 0.3) is 0 Å². The fourth-order valence-corrected chi connectivity index (χ4v) is 2.26. The quantitative estimate of drug-likeness (QED) is 0.773. The monoisotopic (exact) mass is 243 g/mol. The summed E-state index contributed by atoms with van der Waals surface area (Å²) >= 11 is 1.74. The summed E-state index contributed by atoms with van der Waals surface area (Å²) in [5.74, 6) is 2.08. The van der Waals surface area contributed by atoms with E-state index >= 15 is 0 Å². The van der Waals surface area contributed by atoms with Gasteiger partial charge in [-0.05, 0) is 24.3 Å². The van der Waals surface area contributed by atoms with Crippen LogP contribution >= 0.6 is 11.8 Å². The van der Waals surface area contributed by atoms with E-state index in [0.717, 1.165) is 17.1 Å². The molecular weight excluding hydrogens is 226 g/mol. The minimum absolute atomic E-state index is 0.301. The second kappa shape index (κ2) is 6.60. The van der Waals surface area contributed by atoms with Crippen molar-refractivity contribution in [2.45, 2.75) is 12.7 Å². The molecule has 16 heavy (non-hydrogen) atoms. The number of esters is 1. The molecule has 0 saturated carbocycles. The third-order valence-corrected chi connectivity index (χ3v) is 3.50. The molecule has 0 aliphatic heterocycles. The van der Waals surface area contributed by atoms with Crippen molar-refractivity contribution >= 4 is 17.7 Å². The van der Waals surface area contributed by atoms with E-state index in [9.17, 15) is 4.79 Å². The van der Waals surface area contributed by atoms with E-state index in [0.29, 0.717) is 18.2 Å². The molecule has 1 aromatic heterocycles. The predicted octanol–water partition coefficient (Wildman–Crippen LogP) is 1.89. The number of methoxy groups -OCH3 is 1. The van der Waals surface area contributed by atoms with Crippen molar-refractivity contribution in [2.75, 3.05) is 19.4 Å². The van der Waals surface area contributed by atoms with Crippen LogP contribution in [0.15, 0.2) is 16.7 Å². The fourth-order valence-electron chi connectivity index (χ4n) is 1.16. The number of hydrogen-bond donors (Lipinski definition) is 1. The largest absolute Gasteiger partial charge is 0.463 e. The normalized spacial score (nSPS) is 12.4. The second-order valence-electron chi connectivity index (χ2n) is 3.62. The Kier molecular flexibility index (Phi) is 5.42. The van der Waals surface area contributed by atoms with Crippen molar-refractivity contribution in [1.29, 1.82) is 0 Å². The second-order valence-corrected chi connectivity index (χ2v) is 4.65. The van der Waals surface area contributed by atoms with Crippen LogP contribution in [0.4, 0.5) is 0 Å². The zero-order chi connectivity index (χ0) is 12.0. The Morgan fingerprint density at radius 2 is 2.44 bits per heavy atom. The third-order valence-electron chi connectivity index (χ3n) is 2.18. The molecule has 0 fully saturated rings. The summed E-state index contributed by atoms with van der Waals surface area (Å²) in [7, 11) is 1.35. The van der Waals surface area contributed by atoms with Crippen LogP contribution in [0.5, 0.6) is 0 Å². The van der Waals surface area contributed by atoms with Gasteiger partial charge >= 0.3 is 5.97 Å². The van der Waals surface area contributed by atoms with E-state index in [2.05, 4.69) is 11.7 Å². The number of nitrogens with two attached hydrogens (primary N) is 1. The highest BCUT2D eigenvalue weighted by molar-refractivity contribution is 7.98. The molecule has 0 aliphatic carbocycles. The molecule has 1 rings (SSSR count). The van der Waals surface area contributed by atoms with Crippen LogP contribution in [0.3, 0.4) is 0 Å². The van der Waals surface area contributed by atoms with Gasteiger partial charge in [-0.25, -0.2) is 4.79 Å². The van der Waals surface area contributed by atoms with E-state index < -0.39 is 5.97 Å². The molecule has 0 aliphatic rings. The maximum Gasteiger partial charge on any atom is 0.374 e. The summed E-state index contributed by atoms with van der Waals surface area (Å²) in [6, 6.07) is 1.80. The summed E-state index contributed by atoms with van der Waals surface area (Å²) in [5.41, 5.74) is 6.40. The van der Waals surface area contributed by atoms with Crippen molar-refractivity contribution in [3.63, 3.8) is 0 Å². The Morgan fingerprint density at radius 1 is 1.69 bits per heavy atom. The minimum Gasteiger partial charge on any atom is -0.463 e. The van der Waals surface area contributed by atoms with Crippen molar-refractivity contribution in [1.82, 2.24) is 0 Å². The summed E-state index contributed by atoms with van der Waals surface area (Å²) in [6.45, 7) is 2.78. The molecule has 90 valence electrons. The van der Waals surface area contributed by atoms with E-state index in [1.54, 1.807) is 17.8 Å². The van der Waals surface area contributed by atoms with Gasteiger partial charge in [0.05, 0.1) is 13.4 Å². The van der Waals surface area contributed by atoms with Gasteiger partial charge in [0.1, 0.15) is 0 Å². The Morgan fingerprint density at radius 3 is 3.06 bits per heavy atom. The zero-order valence-electron chi connectivity index (χ0n) is 9.56. The molecule has 2 N–H and O–H groups in total. The number of hydrogen-bond acceptors (Lipinski definition) is 5. The Labute approximate surface area is 99.5 Å². The van der Waals surface area contributed by atoms with Crippen molar-refractivity contribution in [3.8, 4) is 0 Å². The van der Waals surface area contributed by atoms with Crippen LogP contribution in [-0.4, -0.2) is 25.4 Å². The maximum absolute atomic E-state index is 11.3. The topological polar surface area (TPSA) is 65.5 Å². The highest BCUT2D eigenvalue weighted by Crippen LogP contribution is 2.20. The first-order valence-electron chi connectivity index (χ1n) is 5.11. The molecule has 1 heterocycles. The van der Waals surface area contributed by atoms with Crippen molar-refractivity contribution in [3.05, 3.63) is 23.7 Å². The third kappa shape index (κ3) is 3.57. The number of furan rings is 1. The van der Waals surface area contributed by atoms with E-state index in [1.807, 2.05) is 0 Å². The summed E-state index contributed by atoms with van der Waals surface area (Å²) in [6.07, 6.45) is 1.51. The van der Waals surface area contributed by atoms with Crippen LogP contribution in [-0.2, 0) is 10.5 Å². The average Bonchev–Trinajstić information content (AvgIpc) is 2.76. The van der Waals surface area contributed by atoms with Gasteiger partial charge in [0.2, 0.25) is 5.76 Å². The predicted molar refractivity (Wildman–Crippen MR) is 64.4 cm³/mol. The van der Waals surface area contributed by atoms with E-state index in [-0.39, 0.29) is 0 Å². The van der Waals surface area contributed by atoms with Gasteiger partial charge in [0, 0.05) is 11.3 Å². The number of thioether (sulfide) groups is 1. The standard InChI is InChI=1S/C11H17NO3S/c1-8(5-12)6-16-7-9-3-4-15-10(9)11(13)14-2/h3-4,8H,5-7,12H2,1-2H3. The van der Waals surface area contributed by atoms with Crippen molar-refractivity contribution in [2.24, 2.45) is 11.7 Å². The zero-order valence-corrected chi connectivity index (χ0v) is 10.4. The van der Waals surface area contributed by atoms with Crippen LogP contribution in [0.2, 0.25) is 0 Å². The first-order chi connectivity index (χ1) is 7.69. The molecule has 1 unspecified atom stereocenters. The van der Waals surface area contributed by atoms with Gasteiger partial charge < -0.3 is 14.9 Å². The Bertz CT molecular complexity index is 338. The highest BCUT2D eigenvalue weighted by atomic mass is 32.2. The SMILES string of the molecule is COC(=O)c1occc1CSCC(C)CN. The number of carbonyl (C=O) groups excluding carboxylic acids is 1. The summed E-state index contributed by atoms with van der Waals surface area (Å²) in [5, 5.41) is 0. The molecule has 1 aromatic rings. The lowest BCUT2D eigenvalue weighted by Crippen LogP contribution is -2.12. The molecule has 0 radical (unpaired) electrons. The number of ether oxygens (including phenoxy) is 1. The van der Waals surface area contributed by atoms with Crippen molar-refractivity contribution < 1.29 is 13.9 Å². The summed E-state index contributed by atoms with van der Waals surface area (Å²) in [4.78, 5) is 11.3. The molecule has 5 heteroatoms. The lowest BCUT2D eigenvalue weighted by atomic mass is 10.2. The van der Waals surface area contributed by atoms with Gasteiger partial charge in [-0.1, -0.05) is 6.92 Å². The smallest absolute Gasteiger partial charge is 0.374 e. The Hall–Kier alpha value is -0.940. The number of carbonyl (C=O) groups is 1. The lowest BCUT2D eigenvalue weighted by Gasteiger charge is -2.07. The minimum atomic E-state index is -0.424. The van der Waals surface area contributed by atoms with Gasteiger partial charge in [-0.3, -0.25) is 0 Å². The van der Waals surface area contributed by atoms with Gasteiger partial charge in [0.15, 0.2) is 0 Å². The molecule has 0 aromatic carbocycles. The van der Waals surface area contributed by atoms with Crippen LogP contribution < -0.4 is 5.73 Å². The average molecular weight is 243 g/mol. The van der Waals surface area contributed by atoms with Crippen LogP contribution in [0.1, 0.15) is 23.0 Å². The van der Waals surface area contributed by atoms with Gasteiger partial charge in [-0.2, -0.15) is 11.8 Å². The van der Waals surface area contributed by atoms with E-state index in [1.165, 1.54) is 13.4 Å². The van der Waals surface area contributed by atoms with E-state index in [4.69, 9.17) is 10.2 Å². The molecule has 0 spiro atoms. The molecule has 0 amide bonds. The fraction of sp³-hybridized carbons (Fsp3) is 0.545. The Balaban J connectivity index is 2.48. The molecule has 1 atom stereocenters. The lowest BCUT2D eigenvalue weighted by molar-refractivity contribution is 0.0564. The number of rotatable bonds is 6. The molecule has 0 saturated heterocycles. The molecular formula is C11H17NO3S. The molecule has 0 bridgehead atoms. The summed E-state index contributed by atoms with van der Waals surface area (Å²) < 4.78 is 9.71.